The van der Waals surface area contributed by atoms with Crippen LogP contribution < -0.4 is 9.64 Å². The monoisotopic (exact) mass is 502 g/mol. The van der Waals surface area contributed by atoms with Crippen LogP contribution in [0.15, 0.2) is 38.2 Å². The first-order valence-electron chi connectivity index (χ1n) is 7.92. The summed E-state index contributed by atoms with van der Waals surface area (Å²) in [6.45, 7) is 3.05. The standard InChI is InChI=1S/C18H17Br2ClN2O3/c1-25-16-9-13(19)17(20)12(18(16)24)10-22-11-2-3-15(14(21)8-11)23-4-6-26-7-5-23/h2-3,8-10,24H,4-7H2,1H3. The molecule has 1 aliphatic heterocycles. The fourth-order valence-corrected chi connectivity index (χ4v) is 3.78. The van der Waals surface area contributed by atoms with E-state index in [2.05, 4.69) is 41.8 Å². The Bertz CT molecular complexity index is 840. The highest BCUT2D eigenvalue weighted by molar-refractivity contribution is 9.13. The van der Waals surface area contributed by atoms with E-state index in [1.54, 1.807) is 12.3 Å². The number of aliphatic imine (C=N–C) groups is 1. The molecule has 3 rings (SSSR count). The normalized spacial score (nSPS) is 14.8. The van der Waals surface area contributed by atoms with E-state index in [4.69, 9.17) is 21.1 Å². The highest BCUT2D eigenvalue weighted by atomic mass is 79.9. The van der Waals surface area contributed by atoms with Gasteiger partial charge in [-0.3, -0.25) is 4.99 Å². The predicted octanol–water partition coefficient (Wildman–Crippen LogP) is 5.17. The molecule has 2 aromatic rings. The van der Waals surface area contributed by atoms with Gasteiger partial charge in [0.1, 0.15) is 0 Å². The second-order valence-corrected chi connectivity index (χ2v) is 7.68. The molecule has 1 heterocycles. The Morgan fingerprint density at radius 3 is 2.65 bits per heavy atom. The number of aromatic hydroxyl groups is 1. The summed E-state index contributed by atoms with van der Waals surface area (Å²) >= 11 is 13.3. The summed E-state index contributed by atoms with van der Waals surface area (Å²) in [5.41, 5.74) is 2.18. The number of morpholine rings is 1. The number of phenols is 1. The lowest BCUT2D eigenvalue weighted by Crippen LogP contribution is -2.36. The van der Waals surface area contributed by atoms with Gasteiger partial charge in [-0.2, -0.15) is 0 Å². The number of phenolic OH excluding ortho intramolecular Hbond substituents is 1. The third kappa shape index (κ3) is 4.17. The van der Waals surface area contributed by atoms with Gasteiger partial charge in [0.05, 0.1) is 42.3 Å². The summed E-state index contributed by atoms with van der Waals surface area (Å²) < 4.78 is 12.0. The Balaban J connectivity index is 1.87. The molecule has 138 valence electrons. The summed E-state index contributed by atoms with van der Waals surface area (Å²) in [6, 6.07) is 7.35. The lowest BCUT2D eigenvalue weighted by atomic mass is 10.2. The third-order valence-electron chi connectivity index (χ3n) is 4.04. The fourth-order valence-electron chi connectivity index (χ4n) is 2.66. The minimum Gasteiger partial charge on any atom is -0.504 e. The van der Waals surface area contributed by atoms with Crippen molar-refractivity contribution in [2.45, 2.75) is 0 Å². The van der Waals surface area contributed by atoms with Crippen molar-refractivity contribution in [2.75, 3.05) is 38.3 Å². The second kappa shape index (κ2) is 8.61. The van der Waals surface area contributed by atoms with Gasteiger partial charge in [-0.15, -0.1) is 0 Å². The molecule has 8 heteroatoms. The van der Waals surface area contributed by atoms with Gasteiger partial charge in [0.2, 0.25) is 0 Å². The molecule has 0 amide bonds. The van der Waals surface area contributed by atoms with Crippen LogP contribution in [-0.4, -0.2) is 44.7 Å². The maximum absolute atomic E-state index is 10.3. The van der Waals surface area contributed by atoms with Crippen molar-refractivity contribution in [2.24, 2.45) is 4.99 Å². The molecule has 1 N–H and O–H groups in total. The van der Waals surface area contributed by atoms with Crippen LogP contribution in [0.3, 0.4) is 0 Å². The molecule has 1 fully saturated rings. The van der Waals surface area contributed by atoms with Crippen LogP contribution >= 0.6 is 43.5 Å². The number of benzene rings is 2. The van der Waals surface area contributed by atoms with Gasteiger partial charge < -0.3 is 19.5 Å². The highest BCUT2D eigenvalue weighted by Crippen LogP contribution is 2.40. The zero-order chi connectivity index (χ0) is 18.7. The Morgan fingerprint density at radius 1 is 1.27 bits per heavy atom. The van der Waals surface area contributed by atoms with Crippen LogP contribution in [0.1, 0.15) is 5.56 Å². The van der Waals surface area contributed by atoms with Crippen molar-refractivity contribution >= 4 is 61.1 Å². The molecular formula is C18H17Br2ClN2O3. The maximum atomic E-state index is 10.3. The smallest absolute Gasteiger partial charge is 0.167 e. The second-order valence-electron chi connectivity index (χ2n) is 5.63. The molecule has 1 aliphatic rings. The number of methoxy groups -OCH3 is 1. The molecule has 0 radical (unpaired) electrons. The first-order chi connectivity index (χ1) is 12.5. The van der Waals surface area contributed by atoms with Crippen LogP contribution in [0.2, 0.25) is 5.02 Å². The molecular weight excluding hydrogens is 487 g/mol. The molecule has 0 atom stereocenters. The Labute approximate surface area is 173 Å². The Hall–Kier alpha value is -1.28. The van der Waals surface area contributed by atoms with Crippen molar-refractivity contribution in [3.05, 3.63) is 43.8 Å². The zero-order valence-electron chi connectivity index (χ0n) is 14.0. The third-order valence-corrected chi connectivity index (χ3v) is 6.35. The Kier molecular flexibility index (Phi) is 6.45. The van der Waals surface area contributed by atoms with Gasteiger partial charge in [-0.1, -0.05) is 11.6 Å². The van der Waals surface area contributed by atoms with E-state index in [0.717, 1.165) is 23.2 Å². The summed E-state index contributed by atoms with van der Waals surface area (Å²) in [7, 11) is 1.50. The largest absolute Gasteiger partial charge is 0.504 e. The molecule has 0 saturated carbocycles. The molecule has 1 saturated heterocycles. The number of ether oxygens (including phenoxy) is 2. The summed E-state index contributed by atoms with van der Waals surface area (Å²) in [5, 5.41) is 11.0. The number of hydrogen-bond donors (Lipinski definition) is 1. The molecule has 0 unspecified atom stereocenters. The van der Waals surface area contributed by atoms with Crippen LogP contribution in [0.4, 0.5) is 11.4 Å². The minimum absolute atomic E-state index is 0.0161. The lowest BCUT2D eigenvalue weighted by Gasteiger charge is -2.29. The molecule has 0 aromatic heterocycles. The van der Waals surface area contributed by atoms with Crippen LogP contribution in [0.25, 0.3) is 0 Å². The van der Waals surface area contributed by atoms with E-state index >= 15 is 0 Å². The van der Waals surface area contributed by atoms with Crippen molar-refractivity contribution in [3.63, 3.8) is 0 Å². The van der Waals surface area contributed by atoms with Gasteiger partial charge in [-0.05, 0) is 56.1 Å². The molecule has 26 heavy (non-hydrogen) atoms. The number of halogens is 3. The summed E-state index contributed by atoms with van der Waals surface area (Å²) in [4.78, 5) is 6.64. The van der Waals surface area contributed by atoms with Crippen molar-refractivity contribution in [1.82, 2.24) is 0 Å². The van der Waals surface area contributed by atoms with E-state index in [-0.39, 0.29) is 5.75 Å². The number of nitrogens with zero attached hydrogens (tertiary/aromatic N) is 2. The average Bonchev–Trinajstić information content (AvgIpc) is 2.65. The van der Waals surface area contributed by atoms with E-state index < -0.39 is 0 Å². The number of rotatable bonds is 4. The Morgan fingerprint density at radius 2 is 2.00 bits per heavy atom. The van der Waals surface area contributed by atoms with Gasteiger partial charge in [0.25, 0.3) is 0 Å². The van der Waals surface area contributed by atoms with E-state index in [0.29, 0.717) is 39.7 Å². The van der Waals surface area contributed by atoms with Gasteiger partial charge in [0.15, 0.2) is 11.5 Å². The molecule has 2 aromatic carbocycles. The fraction of sp³-hybridized carbons (Fsp3) is 0.278. The molecule has 0 aliphatic carbocycles. The summed E-state index contributed by atoms with van der Waals surface area (Å²) in [5.74, 6) is 0.379. The first kappa shape index (κ1) is 19.5. The van der Waals surface area contributed by atoms with E-state index in [9.17, 15) is 5.11 Å². The molecule has 5 nitrogen and oxygen atoms in total. The quantitative estimate of drug-likeness (QED) is 0.584. The van der Waals surface area contributed by atoms with Crippen LogP contribution in [0.5, 0.6) is 11.5 Å². The van der Waals surface area contributed by atoms with Gasteiger partial charge >= 0.3 is 0 Å². The van der Waals surface area contributed by atoms with Crippen LogP contribution in [0, 0.1) is 0 Å². The number of anilines is 1. The number of hydrogen-bond acceptors (Lipinski definition) is 5. The van der Waals surface area contributed by atoms with E-state index in [1.807, 2.05) is 18.2 Å². The van der Waals surface area contributed by atoms with Gasteiger partial charge in [0, 0.05) is 28.2 Å². The first-order valence-corrected chi connectivity index (χ1v) is 9.89. The lowest BCUT2D eigenvalue weighted by molar-refractivity contribution is 0.122. The SMILES string of the molecule is COc1cc(Br)c(Br)c(C=Nc2ccc(N3CCOCC3)c(Cl)c2)c1O. The highest BCUT2D eigenvalue weighted by Gasteiger charge is 2.16. The summed E-state index contributed by atoms with van der Waals surface area (Å²) in [6.07, 6.45) is 1.58. The molecule has 0 spiro atoms. The van der Waals surface area contributed by atoms with Crippen molar-refractivity contribution < 1.29 is 14.6 Å². The molecule has 0 bridgehead atoms. The van der Waals surface area contributed by atoms with Gasteiger partial charge in [-0.25, -0.2) is 0 Å². The minimum atomic E-state index is 0.0161. The maximum Gasteiger partial charge on any atom is 0.167 e. The van der Waals surface area contributed by atoms with Crippen molar-refractivity contribution in [1.29, 1.82) is 0 Å². The van der Waals surface area contributed by atoms with Crippen LogP contribution in [-0.2, 0) is 4.74 Å². The van der Waals surface area contributed by atoms with Crippen molar-refractivity contribution in [3.8, 4) is 11.5 Å². The topological polar surface area (TPSA) is 54.3 Å². The predicted molar refractivity (Wildman–Crippen MR) is 112 cm³/mol. The average molecular weight is 505 g/mol. The van der Waals surface area contributed by atoms with E-state index in [1.165, 1.54) is 7.11 Å². The zero-order valence-corrected chi connectivity index (χ0v) is 17.9.